The molecule has 1 aromatic heterocycles. The zero-order valence-corrected chi connectivity index (χ0v) is 18.1. The van der Waals surface area contributed by atoms with Crippen LogP contribution in [0.25, 0.3) is 17.1 Å². The van der Waals surface area contributed by atoms with E-state index in [-0.39, 0.29) is 11.2 Å². The van der Waals surface area contributed by atoms with Gasteiger partial charge >= 0.3 is 0 Å². The lowest BCUT2D eigenvalue weighted by molar-refractivity contribution is -0.129. The predicted molar refractivity (Wildman–Crippen MR) is 118 cm³/mol. The van der Waals surface area contributed by atoms with Crippen LogP contribution < -0.4 is 0 Å². The minimum absolute atomic E-state index is 0.166. The molecule has 1 saturated heterocycles. The molecule has 0 N–H and O–H groups in total. The molecule has 1 atom stereocenters. The Bertz CT molecular complexity index is 995. The Labute approximate surface area is 180 Å². The number of aromatic nitrogens is 3. The molecule has 7 heteroatoms. The highest BCUT2D eigenvalue weighted by molar-refractivity contribution is 8.00. The summed E-state index contributed by atoms with van der Waals surface area (Å²) in [7, 11) is 0. The Morgan fingerprint density at radius 2 is 1.69 bits per heavy atom. The van der Waals surface area contributed by atoms with Crippen LogP contribution in [0.1, 0.15) is 25.3 Å². The van der Waals surface area contributed by atoms with Crippen LogP contribution in [-0.2, 0) is 4.79 Å². The summed E-state index contributed by atoms with van der Waals surface area (Å²) in [6, 6.07) is 15.8. The van der Waals surface area contributed by atoms with Gasteiger partial charge < -0.3 is 4.90 Å². The molecule has 0 spiro atoms. The number of benzene rings is 2. The molecule has 1 aliphatic rings. The van der Waals surface area contributed by atoms with Gasteiger partial charge in [-0.1, -0.05) is 41.1 Å². The summed E-state index contributed by atoms with van der Waals surface area (Å²) < 4.78 is 2.01. The van der Waals surface area contributed by atoms with Gasteiger partial charge in [-0.2, -0.15) is 0 Å². The molecule has 1 fully saturated rings. The van der Waals surface area contributed by atoms with Crippen molar-refractivity contribution in [3.05, 3.63) is 59.1 Å². The minimum Gasteiger partial charge on any atom is -0.342 e. The molecule has 0 radical (unpaired) electrons. The van der Waals surface area contributed by atoms with E-state index in [1.54, 1.807) is 0 Å². The molecule has 29 heavy (non-hydrogen) atoms. The van der Waals surface area contributed by atoms with Crippen molar-refractivity contribution in [3.63, 3.8) is 0 Å². The summed E-state index contributed by atoms with van der Waals surface area (Å²) in [4.78, 5) is 14.7. The van der Waals surface area contributed by atoms with E-state index in [1.165, 1.54) is 17.3 Å². The minimum atomic E-state index is -0.223. The summed E-state index contributed by atoms with van der Waals surface area (Å²) in [5.74, 6) is 0.896. The first-order valence-electron chi connectivity index (χ1n) is 9.77. The van der Waals surface area contributed by atoms with Gasteiger partial charge in [0, 0.05) is 29.4 Å². The Morgan fingerprint density at radius 1 is 1.03 bits per heavy atom. The van der Waals surface area contributed by atoms with Crippen molar-refractivity contribution in [2.24, 2.45) is 0 Å². The molecule has 3 aromatic rings. The molecule has 0 bridgehead atoms. The smallest absolute Gasteiger partial charge is 0.235 e. The Morgan fingerprint density at radius 3 is 2.34 bits per heavy atom. The van der Waals surface area contributed by atoms with E-state index in [0.717, 1.165) is 43.0 Å². The normalized spacial score (nSPS) is 14.9. The molecule has 4 rings (SSSR count). The number of carbonyl (C=O) groups is 1. The van der Waals surface area contributed by atoms with E-state index in [4.69, 9.17) is 11.6 Å². The van der Waals surface area contributed by atoms with Crippen molar-refractivity contribution in [1.82, 2.24) is 19.7 Å². The molecule has 0 aliphatic carbocycles. The third-order valence-electron chi connectivity index (χ3n) is 5.08. The fourth-order valence-corrected chi connectivity index (χ4v) is 4.54. The van der Waals surface area contributed by atoms with Crippen molar-refractivity contribution in [2.75, 3.05) is 13.1 Å². The Balaban J connectivity index is 1.70. The van der Waals surface area contributed by atoms with Gasteiger partial charge in [0.2, 0.25) is 5.91 Å². The molecular weight excluding hydrogens is 404 g/mol. The first-order valence-corrected chi connectivity index (χ1v) is 11.0. The first kappa shape index (κ1) is 20.0. The highest BCUT2D eigenvalue weighted by atomic mass is 35.5. The number of nitrogens with zero attached hydrogens (tertiary/aromatic N) is 4. The molecular formula is C22H23ClN4OS. The third kappa shape index (κ3) is 4.33. The largest absolute Gasteiger partial charge is 0.342 e. The van der Waals surface area contributed by atoms with Crippen LogP contribution in [0.5, 0.6) is 0 Å². The summed E-state index contributed by atoms with van der Waals surface area (Å²) in [6.45, 7) is 5.71. The summed E-state index contributed by atoms with van der Waals surface area (Å²) >= 11 is 7.51. The van der Waals surface area contributed by atoms with Gasteiger partial charge in [-0.25, -0.2) is 0 Å². The lowest BCUT2D eigenvalue weighted by atomic mass is 10.2. The molecule has 1 amide bonds. The predicted octanol–water partition coefficient (Wildman–Crippen LogP) is 5.00. The van der Waals surface area contributed by atoms with Gasteiger partial charge in [0.1, 0.15) is 0 Å². The van der Waals surface area contributed by atoms with Crippen LogP contribution in [0.15, 0.2) is 53.7 Å². The lowest BCUT2D eigenvalue weighted by Gasteiger charge is -2.20. The van der Waals surface area contributed by atoms with Crippen LogP contribution >= 0.6 is 23.4 Å². The number of carbonyl (C=O) groups excluding carboxylic acids is 1. The molecule has 2 heterocycles. The highest BCUT2D eigenvalue weighted by Crippen LogP contribution is 2.31. The maximum absolute atomic E-state index is 12.8. The van der Waals surface area contributed by atoms with Gasteiger partial charge in [0.25, 0.3) is 0 Å². The monoisotopic (exact) mass is 426 g/mol. The SMILES string of the molecule is Cc1ccc(-n2c(SC(C)C(=O)N3CCCC3)nnc2-c2ccc(Cl)cc2)cc1. The fraction of sp³-hybridized carbons (Fsp3) is 0.318. The van der Waals surface area contributed by atoms with Gasteiger partial charge in [-0.05, 0) is 63.1 Å². The van der Waals surface area contributed by atoms with Crippen molar-refractivity contribution in [1.29, 1.82) is 0 Å². The van der Waals surface area contributed by atoms with Gasteiger partial charge in [-0.15, -0.1) is 10.2 Å². The Kier molecular flexibility index (Phi) is 5.92. The van der Waals surface area contributed by atoms with Crippen LogP contribution in [0.4, 0.5) is 0 Å². The fourth-order valence-electron chi connectivity index (χ4n) is 3.46. The van der Waals surface area contributed by atoms with Crippen LogP contribution in [0.2, 0.25) is 5.02 Å². The second kappa shape index (κ2) is 8.59. The second-order valence-corrected chi connectivity index (χ2v) is 9.02. The van der Waals surface area contributed by atoms with Gasteiger partial charge in [0.05, 0.1) is 5.25 Å². The number of halogens is 1. The average molecular weight is 427 g/mol. The molecule has 2 aromatic carbocycles. The van der Waals surface area contributed by atoms with E-state index < -0.39 is 0 Å². The maximum atomic E-state index is 12.8. The average Bonchev–Trinajstić information content (AvgIpc) is 3.39. The van der Waals surface area contributed by atoms with E-state index in [2.05, 4.69) is 41.4 Å². The number of thioether (sulfide) groups is 1. The van der Waals surface area contributed by atoms with Gasteiger partial charge in [-0.3, -0.25) is 9.36 Å². The first-order chi connectivity index (χ1) is 14.0. The zero-order chi connectivity index (χ0) is 20.4. The molecule has 150 valence electrons. The zero-order valence-electron chi connectivity index (χ0n) is 16.5. The number of hydrogen-bond donors (Lipinski definition) is 0. The highest BCUT2D eigenvalue weighted by Gasteiger charge is 2.26. The number of likely N-dealkylation sites (tertiary alicyclic amines) is 1. The Hall–Kier alpha value is -2.31. The van der Waals surface area contributed by atoms with Crippen LogP contribution in [-0.4, -0.2) is 43.9 Å². The van der Waals surface area contributed by atoms with Crippen LogP contribution in [0, 0.1) is 6.92 Å². The maximum Gasteiger partial charge on any atom is 0.235 e. The van der Waals surface area contributed by atoms with E-state index >= 15 is 0 Å². The van der Waals surface area contributed by atoms with Crippen molar-refractivity contribution >= 4 is 29.3 Å². The van der Waals surface area contributed by atoms with Crippen molar-refractivity contribution in [3.8, 4) is 17.1 Å². The lowest BCUT2D eigenvalue weighted by Crippen LogP contribution is -2.34. The molecule has 0 saturated carbocycles. The topological polar surface area (TPSA) is 51.0 Å². The van der Waals surface area contributed by atoms with E-state index in [0.29, 0.717) is 10.2 Å². The summed E-state index contributed by atoms with van der Waals surface area (Å²) in [5, 5.41) is 10.0. The number of rotatable bonds is 5. The van der Waals surface area contributed by atoms with Gasteiger partial charge in [0.15, 0.2) is 11.0 Å². The quantitative estimate of drug-likeness (QED) is 0.539. The summed E-state index contributed by atoms with van der Waals surface area (Å²) in [6.07, 6.45) is 2.17. The number of aryl methyl sites for hydroxylation is 1. The van der Waals surface area contributed by atoms with E-state index in [9.17, 15) is 4.79 Å². The molecule has 1 aliphatic heterocycles. The van der Waals surface area contributed by atoms with Crippen molar-refractivity contribution < 1.29 is 4.79 Å². The standard InChI is InChI=1S/C22H23ClN4OS/c1-15-5-11-19(12-6-15)27-20(17-7-9-18(23)10-8-17)24-25-22(27)29-16(2)21(28)26-13-3-4-14-26/h5-12,16H,3-4,13-14H2,1-2H3. The third-order valence-corrected chi connectivity index (χ3v) is 6.36. The number of hydrogen-bond acceptors (Lipinski definition) is 4. The molecule has 1 unspecified atom stereocenters. The van der Waals surface area contributed by atoms with Crippen LogP contribution in [0.3, 0.4) is 0 Å². The van der Waals surface area contributed by atoms with E-state index in [1.807, 2.05) is 40.7 Å². The second-order valence-electron chi connectivity index (χ2n) is 7.28. The molecule has 5 nitrogen and oxygen atoms in total. The summed E-state index contributed by atoms with van der Waals surface area (Å²) in [5.41, 5.74) is 3.07. The number of amides is 1. The van der Waals surface area contributed by atoms with Crippen molar-refractivity contribution in [2.45, 2.75) is 37.1 Å².